The van der Waals surface area contributed by atoms with Crippen LogP contribution in [-0.4, -0.2) is 18.3 Å². The van der Waals surface area contributed by atoms with Gasteiger partial charge < -0.3 is 10.4 Å². The van der Waals surface area contributed by atoms with Gasteiger partial charge in [-0.05, 0) is 43.7 Å². The Balaban J connectivity index is 1.75. The summed E-state index contributed by atoms with van der Waals surface area (Å²) < 4.78 is 0. The number of hydrogen-bond donors (Lipinski definition) is 2. The van der Waals surface area contributed by atoms with E-state index in [-0.39, 0.29) is 0 Å². The van der Waals surface area contributed by atoms with Gasteiger partial charge in [0.05, 0.1) is 0 Å². The molecule has 0 aromatic heterocycles. The molecule has 1 aliphatic carbocycles. The van der Waals surface area contributed by atoms with Gasteiger partial charge in [0.25, 0.3) is 0 Å². The Labute approximate surface area is 110 Å². The van der Waals surface area contributed by atoms with E-state index in [1.165, 1.54) is 36.8 Å². The van der Waals surface area contributed by atoms with Crippen molar-refractivity contribution in [3.05, 3.63) is 35.4 Å². The van der Waals surface area contributed by atoms with Gasteiger partial charge in [0, 0.05) is 13.2 Å². The number of aliphatic hydroxyl groups excluding tert-OH is 1. The number of hydrogen-bond acceptors (Lipinski definition) is 2. The highest BCUT2D eigenvalue weighted by atomic mass is 16.3. The zero-order chi connectivity index (χ0) is 12.8. The molecule has 1 aliphatic rings. The van der Waals surface area contributed by atoms with Crippen molar-refractivity contribution in [1.82, 2.24) is 5.32 Å². The zero-order valence-corrected chi connectivity index (χ0v) is 11.4. The predicted octanol–water partition coefficient (Wildman–Crippen LogP) is 2.88. The third-order valence-corrected chi connectivity index (χ3v) is 4.16. The van der Waals surface area contributed by atoms with Crippen LogP contribution in [0.15, 0.2) is 24.3 Å². The van der Waals surface area contributed by atoms with Crippen molar-refractivity contribution in [3.8, 4) is 0 Å². The molecule has 2 rings (SSSR count). The molecule has 1 saturated carbocycles. The van der Waals surface area contributed by atoms with Crippen molar-refractivity contribution >= 4 is 0 Å². The first-order valence-corrected chi connectivity index (χ1v) is 7.16. The molecule has 0 saturated heterocycles. The normalized spacial score (nSPS) is 24.1. The fourth-order valence-corrected chi connectivity index (χ4v) is 2.90. The van der Waals surface area contributed by atoms with E-state index in [0.29, 0.717) is 18.4 Å². The molecule has 0 bridgehead atoms. The molecule has 1 aromatic rings. The predicted molar refractivity (Wildman–Crippen MR) is 75.4 cm³/mol. The minimum absolute atomic E-state index is 0.358. The fourth-order valence-electron chi connectivity index (χ4n) is 2.90. The lowest BCUT2D eigenvalue weighted by Gasteiger charge is -2.30. The summed E-state index contributed by atoms with van der Waals surface area (Å²) in [6.45, 7) is 4.45. The van der Waals surface area contributed by atoms with Crippen molar-refractivity contribution in [1.29, 1.82) is 0 Å². The molecule has 1 aromatic carbocycles. The molecule has 0 aliphatic heterocycles. The zero-order valence-electron chi connectivity index (χ0n) is 11.4. The quantitative estimate of drug-likeness (QED) is 0.838. The Bertz CT molecular complexity index is 347. The molecule has 0 radical (unpaired) electrons. The molecule has 2 N–H and O–H groups in total. The van der Waals surface area contributed by atoms with Crippen LogP contribution in [0.2, 0.25) is 0 Å². The van der Waals surface area contributed by atoms with Gasteiger partial charge in [-0.25, -0.2) is 0 Å². The van der Waals surface area contributed by atoms with Crippen LogP contribution in [0.4, 0.5) is 0 Å². The van der Waals surface area contributed by atoms with Crippen LogP contribution in [-0.2, 0) is 6.54 Å². The van der Waals surface area contributed by atoms with Crippen molar-refractivity contribution in [2.75, 3.05) is 13.2 Å². The molecular formula is C16H25NO. The molecule has 0 heterocycles. The van der Waals surface area contributed by atoms with Crippen molar-refractivity contribution in [2.24, 2.45) is 11.8 Å². The number of benzene rings is 1. The maximum Gasteiger partial charge on any atom is 0.0462 e. The molecule has 18 heavy (non-hydrogen) atoms. The summed E-state index contributed by atoms with van der Waals surface area (Å²) >= 11 is 0. The van der Waals surface area contributed by atoms with Crippen LogP contribution in [0.3, 0.4) is 0 Å². The van der Waals surface area contributed by atoms with E-state index >= 15 is 0 Å². The molecule has 2 nitrogen and oxygen atoms in total. The summed E-state index contributed by atoms with van der Waals surface area (Å²) in [5, 5.41) is 12.9. The molecule has 0 spiro atoms. The third kappa shape index (κ3) is 3.82. The monoisotopic (exact) mass is 247 g/mol. The largest absolute Gasteiger partial charge is 0.396 e. The van der Waals surface area contributed by atoms with Crippen LogP contribution in [0.5, 0.6) is 0 Å². The molecule has 0 amide bonds. The third-order valence-electron chi connectivity index (χ3n) is 4.16. The Morgan fingerprint density at radius 2 is 1.78 bits per heavy atom. The topological polar surface area (TPSA) is 32.3 Å². The molecule has 100 valence electrons. The minimum Gasteiger partial charge on any atom is -0.396 e. The van der Waals surface area contributed by atoms with Crippen LogP contribution in [0, 0.1) is 18.8 Å². The van der Waals surface area contributed by atoms with E-state index in [0.717, 1.165) is 13.1 Å². The molecule has 2 atom stereocenters. The molecule has 1 fully saturated rings. The van der Waals surface area contributed by atoms with Gasteiger partial charge >= 0.3 is 0 Å². The van der Waals surface area contributed by atoms with Crippen LogP contribution >= 0.6 is 0 Å². The molecule has 2 heteroatoms. The van der Waals surface area contributed by atoms with Gasteiger partial charge in [-0.15, -0.1) is 0 Å². The number of aliphatic hydroxyl groups is 1. The van der Waals surface area contributed by atoms with Crippen molar-refractivity contribution in [3.63, 3.8) is 0 Å². The summed E-state index contributed by atoms with van der Waals surface area (Å²) in [7, 11) is 0. The first-order valence-electron chi connectivity index (χ1n) is 7.16. The standard InChI is InChI=1S/C16H25NO/c1-13-6-8-14(9-7-13)10-17-11-15-4-2-3-5-16(15)12-18/h6-9,15-18H,2-5,10-12H2,1H3. The lowest BCUT2D eigenvalue weighted by atomic mass is 9.79. The highest BCUT2D eigenvalue weighted by Crippen LogP contribution is 2.29. The van der Waals surface area contributed by atoms with Gasteiger partial charge in [-0.3, -0.25) is 0 Å². The lowest BCUT2D eigenvalue weighted by Crippen LogP contribution is -2.32. The first-order chi connectivity index (χ1) is 8.79. The minimum atomic E-state index is 0.358. The molecular weight excluding hydrogens is 222 g/mol. The van der Waals surface area contributed by atoms with Crippen LogP contribution < -0.4 is 5.32 Å². The highest BCUT2D eigenvalue weighted by molar-refractivity contribution is 5.21. The van der Waals surface area contributed by atoms with Gasteiger partial charge in [-0.2, -0.15) is 0 Å². The Kier molecular flexibility index (Phi) is 5.21. The second-order valence-electron chi connectivity index (χ2n) is 5.60. The average Bonchev–Trinajstić information content (AvgIpc) is 2.41. The fraction of sp³-hybridized carbons (Fsp3) is 0.625. The second-order valence-corrected chi connectivity index (χ2v) is 5.60. The van der Waals surface area contributed by atoms with Gasteiger partial charge in [0.1, 0.15) is 0 Å². The van der Waals surface area contributed by atoms with Gasteiger partial charge in [0.2, 0.25) is 0 Å². The summed E-state index contributed by atoms with van der Waals surface area (Å²) in [5.41, 5.74) is 2.66. The lowest BCUT2D eigenvalue weighted by molar-refractivity contribution is 0.133. The van der Waals surface area contributed by atoms with E-state index < -0.39 is 0 Å². The van der Waals surface area contributed by atoms with Crippen LogP contribution in [0.1, 0.15) is 36.8 Å². The maximum absolute atomic E-state index is 9.38. The summed E-state index contributed by atoms with van der Waals surface area (Å²) in [6.07, 6.45) is 5.09. The highest BCUT2D eigenvalue weighted by Gasteiger charge is 2.23. The first kappa shape index (κ1) is 13.6. The van der Waals surface area contributed by atoms with E-state index in [9.17, 15) is 5.11 Å². The Hall–Kier alpha value is -0.860. The van der Waals surface area contributed by atoms with Crippen molar-refractivity contribution < 1.29 is 5.11 Å². The van der Waals surface area contributed by atoms with Crippen molar-refractivity contribution in [2.45, 2.75) is 39.2 Å². The van der Waals surface area contributed by atoms with Crippen LogP contribution in [0.25, 0.3) is 0 Å². The summed E-state index contributed by atoms with van der Waals surface area (Å²) in [4.78, 5) is 0. The van der Waals surface area contributed by atoms with E-state index in [1.54, 1.807) is 0 Å². The number of aryl methyl sites for hydroxylation is 1. The van der Waals surface area contributed by atoms with E-state index in [2.05, 4.69) is 36.5 Å². The second kappa shape index (κ2) is 6.91. The number of rotatable bonds is 5. The number of nitrogens with one attached hydrogen (secondary N) is 1. The summed E-state index contributed by atoms with van der Waals surface area (Å²) in [5.74, 6) is 1.18. The Morgan fingerprint density at radius 3 is 2.44 bits per heavy atom. The van der Waals surface area contributed by atoms with Gasteiger partial charge in [-0.1, -0.05) is 42.7 Å². The Morgan fingerprint density at radius 1 is 1.11 bits per heavy atom. The smallest absolute Gasteiger partial charge is 0.0462 e. The van der Waals surface area contributed by atoms with E-state index in [1.807, 2.05) is 0 Å². The SMILES string of the molecule is Cc1ccc(CNCC2CCCCC2CO)cc1. The average molecular weight is 247 g/mol. The molecule has 2 unspecified atom stereocenters. The maximum atomic E-state index is 9.38. The van der Waals surface area contributed by atoms with Gasteiger partial charge in [0.15, 0.2) is 0 Å². The summed E-state index contributed by atoms with van der Waals surface area (Å²) in [6, 6.07) is 8.70. The van der Waals surface area contributed by atoms with E-state index in [4.69, 9.17) is 0 Å².